The lowest BCUT2D eigenvalue weighted by Gasteiger charge is -2.20. The second-order valence-corrected chi connectivity index (χ2v) is 6.05. The van der Waals surface area contributed by atoms with Crippen molar-refractivity contribution in [3.05, 3.63) is 58.6 Å². The van der Waals surface area contributed by atoms with Crippen LogP contribution in [0.3, 0.4) is 0 Å². The Balaban J connectivity index is 2.01. The molecule has 24 heavy (non-hydrogen) atoms. The number of benzene rings is 2. The van der Waals surface area contributed by atoms with Crippen LogP contribution < -0.4 is 14.8 Å². The van der Waals surface area contributed by atoms with Crippen molar-refractivity contribution in [3.63, 3.8) is 0 Å². The normalized spacial score (nSPS) is 13.0. The Morgan fingerprint density at radius 2 is 1.88 bits per heavy atom. The summed E-state index contributed by atoms with van der Waals surface area (Å²) in [6, 6.07) is 12.7. The Morgan fingerprint density at radius 3 is 2.54 bits per heavy atom. The van der Waals surface area contributed by atoms with Gasteiger partial charge in [0.2, 0.25) is 0 Å². The molecule has 0 radical (unpaired) electrons. The standard InChI is InChI=1S/C19H22ClNO3/c1-12-11-15(9-10-17(12)20)24-14(3)19(22)21-13(2)16-7-5-6-8-18(16)23-4/h5-11,13-14H,1-4H3,(H,21,22)/t13-,14-/m0/s1. The number of amides is 1. The van der Waals surface area contributed by atoms with Gasteiger partial charge in [0.15, 0.2) is 6.10 Å². The van der Waals surface area contributed by atoms with E-state index in [1.165, 1.54) is 0 Å². The Hall–Kier alpha value is -2.20. The van der Waals surface area contributed by atoms with E-state index in [9.17, 15) is 4.79 Å². The maximum Gasteiger partial charge on any atom is 0.261 e. The van der Waals surface area contributed by atoms with Crippen molar-refractivity contribution in [2.24, 2.45) is 0 Å². The van der Waals surface area contributed by atoms with Crippen molar-refractivity contribution in [1.29, 1.82) is 0 Å². The van der Waals surface area contributed by atoms with E-state index in [4.69, 9.17) is 21.1 Å². The average molecular weight is 348 g/mol. The summed E-state index contributed by atoms with van der Waals surface area (Å²) in [5, 5.41) is 3.62. The maximum absolute atomic E-state index is 12.4. The van der Waals surface area contributed by atoms with Gasteiger partial charge in [0.25, 0.3) is 5.91 Å². The summed E-state index contributed by atoms with van der Waals surface area (Å²) >= 11 is 6.00. The quantitative estimate of drug-likeness (QED) is 0.847. The van der Waals surface area contributed by atoms with E-state index in [0.717, 1.165) is 16.9 Å². The van der Waals surface area contributed by atoms with Crippen LogP contribution in [-0.2, 0) is 4.79 Å². The van der Waals surface area contributed by atoms with E-state index < -0.39 is 6.10 Å². The van der Waals surface area contributed by atoms with Crippen LogP contribution in [0.1, 0.15) is 31.0 Å². The summed E-state index contributed by atoms with van der Waals surface area (Å²) in [5.41, 5.74) is 1.83. The molecule has 2 rings (SSSR count). The molecule has 0 aliphatic carbocycles. The van der Waals surface area contributed by atoms with Crippen molar-refractivity contribution in [1.82, 2.24) is 5.32 Å². The first-order valence-corrected chi connectivity index (χ1v) is 8.16. The minimum atomic E-state index is -0.622. The van der Waals surface area contributed by atoms with Gasteiger partial charge in [-0.15, -0.1) is 0 Å². The topological polar surface area (TPSA) is 47.6 Å². The SMILES string of the molecule is COc1ccccc1[C@H](C)NC(=O)[C@H](C)Oc1ccc(Cl)c(C)c1. The smallest absolute Gasteiger partial charge is 0.261 e. The predicted octanol–water partition coefficient (Wildman–Crippen LogP) is 4.30. The molecule has 0 aliphatic heterocycles. The van der Waals surface area contributed by atoms with Crippen LogP contribution in [0.4, 0.5) is 0 Å². The second-order valence-electron chi connectivity index (χ2n) is 5.64. The molecule has 0 fully saturated rings. The molecule has 2 atom stereocenters. The van der Waals surface area contributed by atoms with Gasteiger partial charge < -0.3 is 14.8 Å². The zero-order chi connectivity index (χ0) is 17.7. The first-order chi connectivity index (χ1) is 11.4. The molecule has 1 N–H and O–H groups in total. The molecule has 0 saturated heterocycles. The van der Waals surface area contributed by atoms with Crippen LogP contribution in [0.15, 0.2) is 42.5 Å². The van der Waals surface area contributed by atoms with Gasteiger partial charge in [-0.25, -0.2) is 0 Å². The van der Waals surface area contributed by atoms with Crippen LogP contribution in [0.5, 0.6) is 11.5 Å². The molecule has 4 nitrogen and oxygen atoms in total. The van der Waals surface area contributed by atoms with Gasteiger partial charge in [-0.05, 0) is 50.6 Å². The third-order valence-electron chi connectivity index (χ3n) is 3.78. The number of aryl methyl sites for hydroxylation is 1. The Kier molecular flexibility index (Phi) is 6.10. The van der Waals surface area contributed by atoms with E-state index >= 15 is 0 Å². The number of ether oxygens (including phenoxy) is 2. The number of nitrogens with one attached hydrogen (secondary N) is 1. The Bertz CT molecular complexity index is 718. The van der Waals surface area contributed by atoms with E-state index in [-0.39, 0.29) is 11.9 Å². The van der Waals surface area contributed by atoms with E-state index in [2.05, 4.69) is 5.32 Å². The summed E-state index contributed by atoms with van der Waals surface area (Å²) in [6.45, 7) is 5.52. The van der Waals surface area contributed by atoms with Crippen molar-refractivity contribution >= 4 is 17.5 Å². The summed E-state index contributed by atoms with van der Waals surface area (Å²) in [5.74, 6) is 1.16. The number of carbonyl (C=O) groups is 1. The summed E-state index contributed by atoms with van der Waals surface area (Å²) < 4.78 is 11.0. The van der Waals surface area contributed by atoms with Crippen LogP contribution >= 0.6 is 11.6 Å². The molecule has 0 heterocycles. The lowest BCUT2D eigenvalue weighted by Crippen LogP contribution is -2.37. The third-order valence-corrected chi connectivity index (χ3v) is 4.20. The number of rotatable bonds is 6. The van der Waals surface area contributed by atoms with Gasteiger partial charge in [-0.1, -0.05) is 29.8 Å². The molecule has 128 valence electrons. The van der Waals surface area contributed by atoms with Crippen molar-refractivity contribution in [3.8, 4) is 11.5 Å². The highest BCUT2D eigenvalue weighted by Crippen LogP contribution is 2.25. The monoisotopic (exact) mass is 347 g/mol. The molecule has 0 aliphatic rings. The first-order valence-electron chi connectivity index (χ1n) is 7.78. The molecular formula is C19H22ClNO3. The highest BCUT2D eigenvalue weighted by atomic mass is 35.5. The molecule has 5 heteroatoms. The van der Waals surface area contributed by atoms with Crippen LogP contribution in [0, 0.1) is 6.92 Å². The third kappa shape index (κ3) is 4.42. The summed E-state index contributed by atoms with van der Waals surface area (Å²) in [6.07, 6.45) is -0.622. The first kappa shape index (κ1) is 18.1. The summed E-state index contributed by atoms with van der Waals surface area (Å²) in [4.78, 5) is 12.4. The Labute approximate surface area is 147 Å². The summed E-state index contributed by atoms with van der Waals surface area (Å²) in [7, 11) is 1.61. The van der Waals surface area contributed by atoms with Gasteiger partial charge >= 0.3 is 0 Å². The van der Waals surface area contributed by atoms with Crippen LogP contribution in [-0.4, -0.2) is 19.1 Å². The minimum absolute atomic E-state index is 0.188. The number of methoxy groups -OCH3 is 1. The fourth-order valence-corrected chi connectivity index (χ4v) is 2.50. The molecular weight excluding hydrogens is 326 g/mol. The zero-order valence-corrected chi connectivity index (χ0v) is 15.1. The fraction of sp³-hybridized carbons (Fsp3) is 0.316. The molecule has 0 saturated carbocycles. The van der Waals surface area contributed by atoms with Gasteiger partial charge in [-0.2, -0.15) is 0 Å². The molecule has 0 aromatic heterocycles. The maximum atomic E-state index is 12.4. The fourth-order valence-electron chi connectivity index (χ4n) is 2.38. The van der Waals surface area contributed by atoms with Gasteiger partial charge in [0.05, 0.1) is 13.2 Å². The molecule has 2 aromatic rings. The number of halogens is 1. The van der Waals surface area contributed by atoms with Crippen molar-refractivity contribution < 1.29 is 14.3 Å². The molecule has 0 bridgehead atoms. The van der Waals surface area contributed by atoms with Gasteiger partial charge in [-0.3, -0.25) is 4.79 Å². The molecule has 0 spiro atoms. The van der Waals surface area contributed by atoms with Crippen LogP contribution in [0.25, 0.3) is 0 Å². The molecule has 1 amide bonds. The van der Waals surface area contributed by atoms with Crippen molar-refractivity contribution in [2.45, 2.75) is 32.9 Å². The van der Waals surface area contributed by atoms with E-state index in [1.807, 2.05) is 44.2 Å². The predicted molar refractivity (Wildman–Crippen MR) is 95.8 cm³/mol. The van der Waals surface area contributed by atoms with E-state index in [0.29, 0.717) is 10.8 Å². The average Bonchev–Trinajstić information content (AvgIpc) is 2.57. The Morgan fingerprint density at radius 1 is 1.17 bits per heavy atom. The number of hydrogen-bond donors (Lipinski definition) is 1. The zero-order valence-electron chi connectivity index (χ0n) is 14.3. The lowest BCUT2D eigenvalue weighted by molar-refractivity contribution is -0.127. The number of para-hydroxylation sites is 1. The second kappa shape index (κ2) is 8.06. The molecule has 0 unspecified atom stereocenters. The largest absolute Gasteiger partial charge is 0.496 e. The highest BCUT2D eigenvalue weighted by molar-refractivity contribution is 6.31. The van der Waals surface area contributed by atoms with Crippen molar-refractivity contribution in [2.75, 3.05) is 7.11 Å². The molecule has 2 aromatic carbocycles. The van der Waals surface area contributed by atoms with Gasteiger partial charge in [0.1, 0.15) is 11.5 Å². The number of hydrogen-bond acceptors (Lipinski definition) is 3. The minimum Gasteiger partial charge on any atom is -0.496 e. The highest BCUT2D eigenvalue weighted by Gasteiger charge is 2.19. The van der Waals surface area contributed by atoms with E-state index in [1.54, 1.807) is 26.2 Å². The number of carbonyl (C=O) groups excluding carboxylic acids is 1. The lowest BCUT2D eigenvalue weighted by atomic mass is 10.1. The van der Waals surface area contributed by atoms with Crippen LogP contribution in [0.2, 0.25) is 5.02 Å². The van der Waals surface area contributed by atoms with Gasteiger partial charge in [0, 0.05) is 10.6 Å².